The van der Waals surface area contributed by atoms with Gasteiger partial charge >= 0.3 is 0 Å². The van der Waals surface area contributed by atoms with Crippen LogP contribution in [0.2, 0.25) is 0 Å². The topological polar surface area (TPSA) is 49.9 Å². The summed E-state index contributed by atoms with van der Waals surface area (Å²) in [5.41, 5.74) is 2.14. The molecule has 5 heteroatoms. The predicted molar refractivity (Wildman–Crippen MR) is 101 cm³/mol. The number of ether oxygens (including phenoxy) is 1. The number of nitrogens with zero attached hydrogens (tertiary/aromatic N) is 2. The SMILES string of the molecule is CCOCC(=O)N1CCC[C@@]2(CC1)CCN(Cc1cccc(C)c1)C2=O. The van der Waals surface area contributed by atoms with Crippen LogP contribution >= 0.6 is 0 Å². The zero-order chi connectivity index (χ0) is 18.6. The first-order valence-electron chi connectivity index (χ1n) is 9.74. The molecule has 0 radical (unpaired) electrons. The molecule has 2 amide bonds. The quantitative estimate of drug-likeness (QED) is 0.813. The number of likely N-dealkylation sites (tertiary alicyclic amines) is 2. The molecular formula is C21H30N2O3. The monoisotopic (exact) mass is 358 g/mol. The maximum absolute atomic E-state index is 13.2. The standard InChI is InChI=1S/C21H30N2O3/c1-3-26-16-19(24)22-11-5-8-21(9-12-22)10-13-23(20(21)25)15-18-7-4-6-17(2)14-18/h4,6-7,14H,3,5,8-13,15-16H2,1-2H3/t21-/m1/s1. The minimum Gasteiger partial charge on any atom is -0.372 e. The van der Waals surface area contributed by atoms with E-state index in [-0.39, 0.29) is 23.8 Å². The molecule has 0 N–H and O–H groups in total. The average Bonchev–Trinajstić information content (AvgIpc) is 2.81. The van der Waals surface area contributed by atoms with Crippen LogP contribution in [0.1, 0.15) is 43.7 Å². The molecule has 0 bridgehead atoms. The lowest BCUT2D eigenvalue weighted by molar-refractivity contribution is -0.139. The van der Waals surface area contributed by atoms with Crippen LogP contribution in [0.25, 0.3) is 0 Å². The molecule has 1 atom stereocenters. The molecule has 2 heterocycles. The number of carbonyl (C=O) groups is 2. The molecule has 1 aromatic carbocycles. The Morgan fingerprint density at radius 1 is 1.19 bits per heavy atom. The van der Waals surface area contributed by atoms with Crippen LogP contribution in [0.3, 0.4) is 0 Å². The zero-order valence-corrected chi connectivity index (χ0v) is 16.0. The Balaban J connectivity index is 1.62. The van der Waals surface area contributed by atoms with E-state index >= 15 is 0 Å². The van der Waals surface area contributed by atoms with E-state index in [0.29, 0.717) is 19.7 Å². The van der Waals surface area contributed by atoms with E-state index in [4.69, 9.17) is 4.74 Å². The molecule has 2 saturated heterocycles. The number of hydrogen-bond donors (Lipinski definition) is 0. The Morgan fingerprint density at radius 3 is 2.77 bits per heavy atom. The van der Waals surface area contributed by atoms with Gasteiger partial charge in [0.25, 0.3) is 0 Å². The second-order valence-corrected chi connectivity index (χ2v) is 7.62. The molecule has 2 aliphatic rings. The highest BCUT2D eigenvalue weighted by molar-refractivity contribution is 5.85. The fourth-order valence-electron chi connectivity index (χ4n) is 4.26. The van der Waals surface area contributed by atoms with Gasteiger partial charge in [0.1, 0.15) is 6.61 Å². The van der Waals surface area contributed by atoms with Gasteiger partial charge in [-0.2, -0.15) is 0 Å². The van der Waals surface area contributed by atoms with Crippen LogP contribution in [0.5, 0.6) is 0 Å². The summed E-state index contributed by atoms with van der Waals surface area (Å²) in [6.07, 6.45) is 3.45. The van der Waals surface area contributed by atoms with E-state index in [1.807, 2.05) is 16.7 Å². The van der Waals surface area contributed by atoms with Crippen LogP contribution in [-0.4, -0.2) is 54.5 Å². The Hall–Kier alpha value is -1.88. The minimum atomic E-state index is -0.273. The number of amides is 2. The number of rotatable bonds is 5. The normalized spacial score (nSPS) is 23.5. The van der Waals surface area contributed by atoms with E-state index in [0.717, 1.165) is 38.8 Å². The number of carbonyl (C=O) groups excluding carboxylic acids is 2. The van der Waals surface area contributed by atoms with Crippen LogP contribution in [0.15, 0.2) is 24.3 Å². The summed E-state index contributed by atoms with van der Waals surface area (Å²) >= 11 is 0. The van der Waals surface area contributed by atoms with E-state index < -0.39 is 0 Å². The third-order valence-corrected chi connectivity index (χ3v) is 5.78. The molecule has 0 aliphatic carbocycles. The van der Waals surface area contributed by atoms with Gasteiger partial charge in [0.05, 0.1) is 5.41 Å². The van der Waals surface area contributed by atoms with Crippen molar-refractivity contribution in [2.45, 2.75) is 46.1 Å². The van der Waals surface area contributed by atoms with Crippen LogP contribution < -0.4 is 0 Å². The molecule has 0 aromatic heterocycles. The van der Waals surface area contributed by atoms with Crippen molar-refractivity contribution in [1.82, 2.24) is 9.80 Å². The summed E-state index contributed by atoms with van der Waals surface area (Å²) < 4.78 is 5.25. The van der Waals surface area contributed by atoms with Gasteiger partial charge in [0, 0.05) is 32.8 Å². The summed E-state index contributed by atoms with van der Waals surface area (Å²) in [4.78, 5) is 29.3. The van der Waals surface area contributed by atoms with Gasteiger partial charge in [0.15, 0.2) is 0 Å². The lowest BCUT2D eigenvalue weighted by Crippen LogP contribution is -2.37. The van der Waals surface area contributed by atoms with E-state index in [1.54, 1.807) is 0 Å². The van der Waals surface area contributed by atoms with E-state index in [1.165, 1.54) is 11.1 Å². The molecule has 142 valence electrons. The summed E-state index contributed by atoms with van der Waals surface area (Å²) in [5, 5.41) is 0. The summed E-state index contributed by atoms with van der Waals surface area (Å²) in [6.45, 7) is 7.58. The largest absolute Gasteiger partial charge is 0.372 e. The molecule has 5 nitrogen and oxygen atoms in total. The van der Waals surface area contributed by atoms with Gasteiger partial charge in [-0.3, -0.25) is 9.59 Å². The third-order valence-electron chi connectivity index (χ3n) is 5.78. The van der Waals surface area contributed by atoms with Gasteiger partial charge in [-0.05, 0) is 45.1 Å². The molecule has 0 unspecified atom stereocenters. The van der Waals surface area contributed by atoms with E-state index in [9.17, 15) is 9.59 Å². The predicted octanol–water partition coefficient (Wildman–Crippen LogP) is 2.76. The van der Waals surface area contributed by atoms with Crippen molar-refractivity contribution >= 4 is 11.8 Å². The maximum Gasteiger partial charge on any atom is 0.248 e. The summed E-state index contributed by atoms with van der Waals surface area (Å²) in [6, 6.07) is 8.37. The Kier molecular flexibility index (Phi) is 5.97. The Labute approximate surface area is 156 Å². The molecule has 3 rings (SSSR count). The fraction of sp³-hybridized carbons (Fsp3) is 0.619. The molecular weight excluding hydrogens is 328 g/mol. The second kappa shape index (κ2) is 8.21. The zero-order valence-electron chi connectivity index (χ0n) is 16.0. The third kappa shape index (κ3) is 4.09. The highest BCUT2D eigenvalue weighted by Gasteiger charge is 2.47. The van der Waals surface area contributed by atoms with Crippen molar-refractivity contribution in [3.63, 3.8) is 0 Å². The summed E-state index contributed by atoms with van der Waals surface area (Å²) in [7, 11) is 0. The van der Waals surface area contributed by atoms with Crippen molar-refractivity contribution in [3.05, 3.63) is 35.4 Å². The molecule has 26 heavy (non-hydrogen) atoms. The first-order chi connectivity index (χ1) is 12.5. The lowest BCUT2D eigenvalue weighted by Gasteiger charge is -2.27. The fourth-order valence-corrected chi connectivity index (χ4v) is 4.26. The maximum atomic E-state index is 13.2. The second-order valence-electron chi connectivity index (χ2n) is 7.62. The van der Waals surface area contributed by atoms with Crippen molar-refractivity contribution in [2.24, 2.45) is 5.41 Å². The molecule has 2 aliphatic heterocycles. The average molecular weight is 358 g/mol. The van der Waals surface area contributed by atoms with Crippen molar-refractivity contribution in [3.8, 4) is 0 Å². The molecule has 2 fully saturated rings. The lowest BCUT2D eigenvalue weighted by atomic mass is 9.79. The Morgan fingerprint density at radius 2 is 2.00 bits per heavy atom. The number of benzene rings is 1. The van der Waals surface area contributed by atoms with Gasteiger partial charge < -0.3 is 14.5 Å². The first kappa shape index (κ1) is 18.9. The van der Waals surface area contributed by atoms with Crippen molar-refractivity contribution < 1.29 is 14.3 Å². The number of aryl methyl sites for hydroxylation is 1. The highest BCUT2D eigenvalue weighted by atomic mass is 16.5. The van der Waals surface area contributed by atoms with Gasteiger partial charge in [-0.15, -0.1) is 0 Å². The van der Waals surface area contributed by atoms with Crippen LogP contribution in [0, 0.1) is 12.3 Å². The van der Waals surface area contributed by atoms with Gasteiger partial charge in [0.2, 0.25) is 11.8 Å². The summed E-state index contributed by atoms with van der Waals surface area (Å²) in [5.74, 6) is 0.323. The van der Waals surface area contributed by atoms with Crippen LogP contribution in [0.4, 0.5) is 0 Å². The molecule has 1 spiro atoms. The Bertz CT molecular complexity index is 660. The minimum absolute atomic E-state index is 0.0472. The van der Waals surface area contributed by atoms with Crippen molar-refractivity contribution in [2.75, 3.05) is 32.8 Å². The van der Waals surface area contributed by atoms with Crippen molar-refractivity contribution in [1.29, 1.82) is 0 Å². The molecule has 0 saturated carbocycles. The number of hydrogen-bond acceptors (Lipinski definition) is 3. The van der Waals surface area contributed by atoms with Gasteiger partial charge in [-0.25, -0.2) is 0 Å². The first-order valence-corrected chi connectivity index (χ1v) is 9.74. The van der Waals surface area contributed by atoms with Crippen LogP contribution in [-0.2, 0) is 20.9 Å². The highest BCUT2D eigenvalue weighted by Crippen LogP contribution is 2.42. The molecule has 1 aromatic rings. The van der Waals surface area contributed by atoms with Gasteiger partial charge in [-0.1, -0.05) is 29.8 Å². The van der Waals surface area contributed by atoms with E-state index in [2.05, 4.69) is 31.2 Å². The smallest absolute Gasteiger partial charge is 0.248 e.